The molecule has 0 spiro atoms. The highest BCUT2D eigenvalue weighted by Crippen LogP contribution is 2.45. The number of methoxy groups -OCH3 is 1. The Hall–Kier alpha value is -0.560. The molecular weight excluding hydrogens is 406 g/mol. The SMILES string of the molecule is COc1ccc2c(c1)OC(c1cc(Br)c(Br)s1)CC2N. The van der Waals surface area contributed by atoms with Crippen LogP contribution in [0.5, 0.6) is 11.5 Å². The Morgan fingerprint density at radius 2 is 2.15 bits per heavy atom. The molecule has 0 saturated heterocycles. The number of fused-ring (bicyclic) bond motifs is 1. The second-order valence-corrected chi connectivity index (χ2v) is 7.88. The molecule has 0 aliphatic carbocycles. The van der Waals surface area contributed by atoms with Crippen LogP contribution in [0.1, 0.15) is 29.0 Å². The van der Waals surface area contributed by atoms with Crippen molar-refractivity contribution in [3.63, 3.8) is 0 Å². The Morgan fingerprint density at radius 3 is 2.80 bits per heavy atom. The summed E-state index contributed by atoms with van der Waals surface area (Å²) in [4.78, 5) is 1.16. The Labute approximate surface area is 138 Å². The van der Waals surface area contributed by atoms with Gasteiger partial charge in [-0.3, -0.25) is 0 Å². The molecule has 106 valence electrons. The van der Waals surface area contributed by atoms with E-state index in [9.17, 15) is 0 Å². The fraction of sp³-hybridized carbons (Fsp3) is 0.286. The lowest BCUT2D eigenvalue weighted by Gasteiger charge is -2.30. The van der Waals surface area contributed by atoms with Crippen LogP contribution in [0.3, 0.4) is 0 Å². The van der Waals surface area contributed by atoms with Gasteiger partial charge in [0, 0.05) is 33.4 Å². The average Bonchev–Trinajstić information content (AvgIpc) is 2.78. The molecule has 2 aromatic rings. The minimum Gasteiger partial charge on any atom is -0.497 e. The molecule has 3 rings (SSSR count). The minimum absolute atomic E-state index is 0.0165. The predicted octanol–water partition coefficient (Wildman–Crippen LogP) is 4.81. The number of nitrogens with two attached hydrogens (primary N) is 1. The molecule has 1 aromatic carbocycles. The third kappa shape index (κ3) is 2.62. The molecule has 20 heavy (non-hydrogen) atoms. The maximum Gasteiger partial charge on any atom is 0.135 e. The number of rotatable bonds is 2. The van der Waals surface area contributed by atoms with E-state index in [2.05, 4.69) is 37.9 Å². The summed E-state index contributed by atoms with van der Waals surface area (Å²) >= 11 is 8.69. The van der Waals surface area contributed by atoms with Crippen LogP contribution >= 0.6 is 43.2 Å². The summed E-state index contributed by atoms with van der Waals surface area (Å²) in [7, 11) is 1.65. The summed E-state index contributed by atoms with van der Waals surface area (Å²) in [5.74, 6) is 1.60. The highest BCUT2D eigenvalue weighted by atomic mass is 79.9. The molecular formula is C14H13Br2NO2S. The number of halogens is 2. The fourth-order valence-electron chi connectivity index (χ4n) is 2.31. The van der Waals surface area contributed by atoms with E-state index in [1.54, 1.807) is 18.4 Å². The second kappa shape index (κ2) is 5.67. The Morgan fingerprint density at radius 1 is 1.35 bits per heavy atom. The minimum atomic E-state index is -0.0192. The molecule has 0 fully saturated rings. The van der Waals surface area contributed by atoms with Gasteiger partial charge in [-0.15, -0.1) is 11.3 Å². The maximum atomic E-state index is 6.27. The lowest BCUT2D eigenvalue weighted by Crippen LogP contribution is -2.23. The molecule has 0 amide bonds. The van der Waals surface area contributed by atoms with Gasteiger partial charge in [0.25, 0.3) is 0 Å². The third-order valence-corrected chi connectivity index (χ3v) is 6.69. The first-order valence-corrected chi connectivity index (χ1v) is 8.53. The average molecular weight is 419 g/mol. The van der Waals surface area contributed by atoms with Crippen molar-refractivity contribution in [2.24, 2.45) is 5.73 Å². The molecule has 2 N–H and O–H groups in total. The number of hydrogen-bond acceptors (Lipinski definition) is 4. The van der Waals surface area contributed by atoms with E-state index in [4.69, 9.17) is 15.2 Å². The van der Waals surface area contributed by atoms with Gasteiger partial charge in [-0.05, 0) is 44.0 Å². The van der Waals surface area contributed by atoms with Crippen molar-refractivity contribution in [3.05, 3.63) is 43.0 Å². The zero-order valence-electron chi connectivity index (χ0n) is 10.7. The van der Waals surface area contributed by atoms with Gasteiger partial charge in [0.05, 0.1) is 10.9 Å². The van der Waals surface area contributed by atoms with Crippen LogP contribution in [0.15, 0.2) is 32.5 Å². The van der Waals surface area contributed by atoms with Crippen LogP contribution in [-0.2, 0) is 0 Å². The highest BCUT2D eigenvalue weighted by molar-refractivity contribution is 9.13. The monoisotopic (exact) mass is 417 g/mol. The van der Waals surface area contributed by atoms with E-state index in [1.165, 1.54) is 0 Å². The van der Waals surface area contributed by atoms with Gasteiger partial charge in [0.15, 0.2) is 0 Å². The normalized spacial score (nSPS) is 21.2. The first-order valence-electron chi connectivity index (χ1n) is 6.13. The summed E-state index contributed by atoms with van der Waals surface area (Å²) in [5, 5.41) is 0. The molecule has 3 nitrogen and oxygen atoms in total. The van der Waals surface area contributed by atoms with Crippen LogP contribution in [0, 0.1) is 0 Å². The van der Waals surface area contributed by atoms with Crippen molar-refractivity contribution < 1.29 is 9.47 Å². The highest BCUT2D eigenvalue weighted by Gasteiger charge is 2.29. The van der Waals surface area contributed by atoms with Gasteiger partial charge in [-0.25, -0.2) is 0 Å². The van der Waals surface area contributed by atoms with Gasteiger partial charge in [0.2, 0.25) is 0 Å². The molecule has 0 saturated carbocycles. The Balaban J connectivity index is 1.94. The molecule has 0 bridgehead atoms. The summed E-state index contributed by atoms with van der Waals surface area (Å²) in [6.07, 6.45) is 0.760. The fourth-order valence-corrected chi connectivity index (χ4v) is 4.44. The standard InChI is InChI=1S/C14H13Br2NO2S/c1-18-7-2-3-8-10(17)6-12(19-11(8)4-7)13-5-9(15)14(16)20-13/h2-5,10,12H,6,17H2,1H3. The van der Waals surface area contributed by atoms with Crippen LogP contribution in [-0.4, -0.2) is 7.11 Å². The van der Waals surface area contributed by atoms with Gasteiger partial charge in [-0.2, -0.15) is 0 Å². The summed E-state index contributed by atoms with van der Waals surface area (Å²) in [6, 6.07) is 7.86. The van der Waals surface area contributed by atoms with E-state index in [0.29, 0.717) is 0 Å². The summed E-state index contributed by atoms with van der Waals surface area (Å²) in [6.45, 7) is 0. The van der Waals surface area contributed by atoms with Crippen molar-refractivity contribution in [2.75, 3.05) is 7.11 Å². The maximum absolute atomic E-state index is 6.27. The van der Waals surface area contributed by atoms with E-state index in [-0.39, 0.29) is 12.1 Å². The van der Waals surface area contributed by atoms with Crippen molar-refractivity contribution >= 4 is 43.2 Å². The van der Waals surface area contributed by atoms with Gasteiger partial charge < -0.3 is 15.2 Å². The molecule has 1 aliphatic rings. The Kier molecular flexibility index (Phi) is 4.08. The number of hydrogen-bond donors (Lipinski definition) is 1. The van der Waals surface area contributed by atoms with E-state index < -0.39 is 0 Å². The zero-order chi connectivity index (χ0) is 14.3. The lowest BCUT2D eigenvalue weighted by atomic mass is 9.96. The molecule has 2 heterocycles. The topological polar surface area (TPSA) is 44.5 Å². The van der Waals surface area contributed by atoms with E-state index >= 15 is 0 Å². The van der Waals surface area contributed by atoms with Crippen LogP contribution in [0.2, 0.25) is 0 Å². The zero-order valence-corrected chi connectivity index (χ0v) is 14.7. The predicted molar refractivity (Wildman–Crippen MR) is 87.6 cm³/mol. The molecule has 1 aliphatic heterocycles. The van der Waals surface area contributed by atoms with Gasteiger partial charge >= 0.3 is 0 Å². The summed E-state index contributed by atoms with van der Waals surface area (Å²) in [5.41, 5.74) is 7.31. The quantitative estimate of drug-likeness (QED) is 0.761. The molecule has 2 atom stereocenters. The van der Waals surface area contributed by atoms with Gasteiger partial charge in [-0.1, -0.05) is 6.07 Å². The molecule has 0 radical (unpaired) electrons. The summed E-state index contributed by atoms with van der Waals surface area (Å²) < 4.78 is 13.5. The van der Waals surface area contributed by atoms with Crippen LogP contribution in [0.25, 0.3) is 0 Å². The Bertz CT molecular complexity index is 625. The van der Waals surface area contributed by atoms with E-state index in [0.717, 1.165) is 36.6 Å². The molecule has 1 aromatic heterocycles. The van der Waals surface area contributed by atoms with Crippen molar-refractivity contribution in [2.45, 2.75) is 18.6 Å². The van der Waals surface area contributed by atoms with E-state index in [1.807, 2.05) is 18.2 Å². The van der Waals surface area contributed by atoms with Crippen molar-refractivity contribution in [1.29, 1.82) is 0 Å². The molecule has 6 heteroatoms. The third-order valence-electron chi connectivity index (χ3n) is 3.34. The number of thiophene rings is 1. The smallest absolute Gasteiger partial charge is 0.135 e. The molecule has 2 unspecified atom stereocenters. The second-order valence-electron chi connectivity index (χ2n) is 4.62. The van der Waals surface area contributed by atoms with Crippen molar-refractivity contribution in [1.82, 2.24) is 0 Å². The number of ether oxygens (including phenoxy) is 2. The first-order chi connectivity index (χ1) is 9.58. The van der Waals surface area contributed by atoms with Crippen LogP contribution in [0.4, 0.5) is 0 Å². The van der Waals surface area contributed by atoms with Gasteiger partial charge in [0.1, 0.15) is 17.6 Å². The van der Waals surface area contributed by atoms with Crippen LogP contribution < -0.4 is 15.2 Å². The lowest BCUT2D eigenvalue weighted by molar-refractivity contribution is 0.164. The number of benzene rings is 1. The largest absolute Gasteiger partial charge is 0.497 e. The van der Waals surface area contributed by atoms with Crippen molar-refractivity contribution in [3.8, 4) is 11.5 Å². The first kappa shape index (κ1) is 14.4.